The van der Waals surface area contributed by atoms with Gasteiger partial charge in [0.2, 0.25) is 0 Å². The van der Waals surface area contributed by atoms with E-state index in [2.05, 4.69) is 6.58 Å². The summed E-state index contributed by atoms with van der Waals surface area (Å²) in [6.45, 7) is 1.63. The van der Waals surface area contributed by atoms with Crippen molar-refractivity contribution >= 4 is 5.97 Å². The van der Waals surface area contributed by atoms with Crippen molar-refractivity contribution in [3.05, 3.63) is 12.2 Å². The van der Waals surface area contributed by atoms with Crippen molar-refractivity contribution in [2.75, 3.05) is 0 Å². The molecule has 8 heteroatoms. The van der Waals surface area contributed by atoms with Gasteiger partial charge in [0.05, 0.1) is 5.97 Å². The third-order valence-electron chi connectivity index (χ3n) is 1.57. The molecule has 0 heterocycles. The van der Waals surface area contributed by atoms with Crippen LogP contribution < -0.4 is 5.11 Å². The van der Waals surface area contributed by atoms with Crippen molar-refractivity contribution < 1.29 is 36.2 Å². The van der Waals surface area contributed by atoms with Gasteiger partial charge in [0.15, 0.2) is 0 Å². The van der Waals surface area contributed by atoms with Crippen LogP contribution in [-0.2, 0) is 4.79 Å². The number of carboxylic acid groups (broad SMARTS) is 1. The Balaban J connectivity index is 5.38. The molecule has 88 valence electrons. The van der Waals surface area contributed by atoms with Crippen LogP contribution in [-0.4, -0.2) is 23.7 Å². The lowest BCUT2D eigenvalue weighted by atomic mass is 9.99. The summed E-state index contributed by atoms with van der Waals surface area (Å²) in [5.74, 6) is -19.2. The summed E-state index contributed by atoms with van der Waals surface area (Å²) in [4.78, 5) is 9.85. The Kier molecular flexibility index (Phi) is 3.15. The second-order valence-corrected chi connectivity index (χ2v) is 2.80. The Morgan fingerprint density at radius 1 is 1.13 bits per heavy atom. The SMILES string of the molecule is C=C(C(=O)[O-])C(F)(F)C(F)(F)C(C)(F)F. The van der Waals surface area contributed by atoms with Gasteiger partial charge in [-0.25, -0.2) is 0 Å². The summed E-state index contributed by atoms with van der Waals surface area (Å²) in [7, 11) is 0. The third kappa shape index (κ3) is 2.07. The average molecular weight is 235 g/mol. The first kappa shape index (κ1) is 13.8. The number of hydrogen-bond donors (Lipinski definition) is 0. The van der Waals surface area contributed by atoms with Gasteiger partial charge in [-0.05, 0) is 0 Å². The quantitative estimate of drug-likeness (QED) is 0.543. The van der Waals surface area contributed by atoms with Gasteiger partial charge in [-0.3, -0.25) is 0 Å². The molecule has 0 spiro atoms. The zero-order valence-electron chi connectivity index (χ0n) is 7.29. The maximum atomic E-state index is 12.6. The van der Waals surface area contributed by atoms with Crippen LogP contribution in [0.3, 0.4) is 0 Å². The molecular formula is C7H5F6O2-. The van der Waals surface area contributed by atoms with Crippen LogP contribution in [0.1, 0.15) is 6.92 Å². The second-order valence-electron chi connectivity index (χ2n) is 2.80. The molecule has 0 aromatic heterocycles. The van der Waals surface area contributed by atoms with Crippen molar-refractivity contribution in [2.24, 2.45) is 0 Å². The maximum Gasteiger partial charge on any atom is 0.376 e. The van der Waals surface area contributed by atoms with Crippen molar-refractivity contribution in [3.63, 3.8) is 0 Å². The zero-order valence-corrected chi connectivity index (χ0v) is 7.29. The molecule has 0 aromatic rings. The minimum atomic E-state index is -5.85. The van der Waals surface area contributed by atoms with Gasteiger partial charge in [-0.2, -0.15) is 26.3 Å². The van der Waals surface area contributed by atoms with Crippen molar-refractivity contribution in [1.29, 1.82) is 0 Å². The fraction of sp³-hybridized carbons (Fsp3) is 0.571. The largest absolute Gasteiger partial charge is 0.545 e. The van der Waals surface area contributed by atoms with Gasteiger partial charge in [-0.15, -0.1) is 0 Å². The topological polar surface area (TPSA) is 40.1 Å². The summed E-state index contributed by atoms with van der Waals surface area (Å²) >= 11 is 0. The molecule has 0 rings (SSSR count). The minimum absolute atomic E-state index is 0.455. The standard InChI is InChI=1S/C7H6F6O2/c1-3(4(14)15)6(10,11)7(12,13)5(2,8)9/h1H2,2H3,(H,14,15)/p-1. The molecule has 0 aliphatic rings. The van der Waals surface area contributed by atoms with Crippen molar-refractivity contribution in [3.8, 4) is 0 Å². The lowest BCUT2D eigenvalue weighted by Gasteiger charge is -2.32. The lowest BCUT2D eigenvalue weighted by Crippen LogP contribution is -2.55. The van der Waals surface area contributed by atoms with E-state index in [1.807, 2.05) is 0 Å². The maximum absolute atomic E-state index is 12.6. The Hall–Kier alpha value is -1.21. The predicted octanol–water partition coefficient (Wildman–Crippen LogP) is 1.22. The third-order valence-corrected chi connectivity index (χ3v) is 1.57. The second kappa shape index (κ2) is 3.42. The number of carboxylic acids is 1. The molecule has 0 saturated carbocycles. The molecule has 0 bridgehead atoms. The molecule has 0 saturated heterocycles. The predicted molar refractivity (Wildman–Crippen MR) is 34.7 cm³/mol. The normalized spacial score (nSPS) is 13.8. The first-order valence-corrected chi connectivity index (χ1v) is 3.40. The molecule has 2 nitrogen and oxygen atoms in total. The van der Waals surface area contributed by atoms with E-state index in [1.165, 1.54) is 0 Å². The van der Waals surface area contributed by atoms with Gasteiger partial charge in [-0.1, -0.05) is 6.58 Å². The highest BCUT2D eigenvalue weighted by Crippen LogP contribution is 2.48. The molecular weight excluding hydrogens is 230 g/mol. The summed E-state index contributed by atoms with van der Waals surface area (Å²) in [6, 6.07) is 0. The van der Waals surface area contributed by atoms with Crippen LogP contribution in [0.25, 0.3) is 0 Å². The Bertz CT molecular complexity index is 290. The van der Waals surface area contributed by atoms with Crippen LogP contribution in [0.15, 0.2) is 12.2 Å². The molecule has 0 aromatic carbocycles. The summed E-state index contributed by atoms with van der Waals surface area (Å²) < 4.78 is 74.4. The number of hydrogen-bond acceptors (Lipinski definition) is 2. The number of carbonyl (C=O) groups excluding carboxylic acids is 1. The van der Waals surface area contributed by atoms with Crippen LogP contribution in [0.5, 0.6) is 0 Å². The Morgan fingerprint density at radius 3 is 1.67 bits per heavy atom. The smallest absolute Gasteiger partial charge is 0.376 e. The fourth-order valence-corrected chi connectivity index (χ4v) is 0.593. The van der Waals surface area contributed by atoms with E-state index < -0.39 is 36.2 Å². The summed E-state index contributed by atoms with van der Waals surface area (Å²) in [5.41, 5.74) is -2.39. The van der Waals surface area contributed by atoms with Gasteiger partial charge in [0.1, 0.15) is 0 Å². The highest BCUT2D eigenvalue weighted by atomic mass is 19.3. The molecule has 15 heavy (non-hydrogen) atoms. The Morgan fingerprint density at radius 2 is 1.47 bits per heavy atom. The highest BCUT2D eigenvalue weighted by molar-refractivity contribution is 5.86. The number of aliphatic carboxylic acids is 1. The van der Waals surface area contributed by atoms with Crippen LogP contribution >= 0.6 is 0 Å². The molecule has 0 N–H and O–H groups in total. The monoisotopic (exact) mass is 235 g/mol. The van der Waals surface area contributed by atoms with Crippen LogP contribution in [0, 0.1) is 0 Å². The lowest BCUT2D eigenvalue weighted by molar-refractivity contribution is -0.316. The molecule has 0 radical (unpaired) electrons. The molecule has 0 aliphatic heterocycles. The first-order chi connectivity index (χ1) is 6.35. The van der Waals surface area contributed by atoms with Crippen LogP contribution in [0.4, 0.5) is 26.3 Å². The average Bonchev–Trinajstić information content (AvgIpc) is 2.00. The fourth-order valence-electron chi connectivity index (χ4n) is 0.593. The van der Waals surface area contributed by atoms with Crippen molar-refractivity contribution in [1.82, 2.24) is 0 Å². The summed E-state index contributed by atoms with van der Waals surface area (Å²) in [6.07, 6.45) is 0. The zero-order chi connectivity index (χ0) is 12.7. The van der Waals surface area contributed by atoms with E-state index in [0.717, 1.165) is 0 Å². The summed E-state index contributed by atoms with van der Waals surface area (Å²) in [5, 5.41) is 9.85. The van der Waals surface area contributed by atoms with E-state index in [0.29, 0.717) is 0 Å². The Labute approximate surface area is 80.2 Å². The molecule has 0 unspecified atom stereocenters. The molecule has 0 aliphatic carbocycles. The van der Waals surface area contributed by atoms with E-state index in [4.69, 9.17) is 0 Å². The number of alkyl halides is 6. The van der Waals surface area contributed by atoms with E-state index in [-0.39, 0.29) is 0 Å². The van der Waals surface area contributed by atoms with Gasteiger partial charge < -0.3 is 9.90 Å². The first-order valence-electron chi connectivity index (χ1n) is 3.40. The highest BCUT2D eigenvalue weighted by Gasteiger charge is 2.70. The van der Waals surface area contributed by atoms with Gasteiger partial charge in [0.25, 0.3) is 0 Å². The van der Waals surface area contributed by atoms with Gasteiger partial charge in [0, 0.05) is 12.5 Å². The molecule has 0 atom stereocenters. The van der Waals surface area contributed by atoms with Crippen molar-refractivity contribution in [2.45, 2.75) is 24.7 Å². The number of rotatable bonds is 4. The molecule has 0 fully saturated rings. The van der Waals surface area contributed by atoms with Gasteiger partial charge >= 0.3 is 17.8 Å². The number of carbonyl (C=O) groups is 1. The van der Waals surface area contributed by atoms with E-state index in [1.54, 1.807) is 0 Å². The molecule has 0 amide bonds. The van der Waals surface area contributed by atoms with E-state index >= 15 is 0 Å². The van der Waals surface area contributed by atoms with E-state index in [9.17, 15) is 36.2 Å². The minimum Gasteiger partial charge on any atom is -0.545 e. The number of halogens is 6. The van der Waals surface area contributed by atoms with Crippen LogP contribution in [0.2, 0.25) is 0 Å².